The third kappa shape index (κ3) is 3.08. The lowest BCUT2D eigenvalue weighted by molar-refractivity contribution is -0.139. The Hall–Kier alpha value is -2.88. The molecule has 0 fully saturated rings. The topological polar surface area (TPSA) is 57.6 Å². The van der Waals surface area contributed by atoms with Crippen LogP contribution in [0.5, 0.6) is 0 Å². The first kappa shape index (κ1) is 16.0. The molecule has 2 aromatic rings. The smallest absolute Gasteiger partial charge is 0.311 e. The summed E-state index contributed by atoms with van der Waals surface area (Å²) in [6, 6.07) is 16.7. The number of benzene rings is 2. The lowest BCUT2D eigenvalue weighted by Crippen LogP contribution is -2.43. The first-order valence-corrected chi connectivity index (χ1v) is 7.96. The second-order valence-corrected chi connectivity index (χ2v) is 5.99. The molecule has 2 aromatic carbocycles. The van der Waals surface area contributed by atoms with Crippen LogP contribution in [0.15, 0.2) is 60.7 Å². The van der Waals surface area contributed by atoms with E-state index in [-0.39, 0.29) is 11.9 Å². The van der Waals surface area contributed by atoms with E-state index in [1.165, 1.54) is 0 Å². The molecule has 24 heavy (non-hydrogen) atoms. The van der Waals surface area contributed by atoms with E-state index in [0.717, 1.165) is 5.56 Å². The average molecular weight is 321 g/mol. The van der Waals surface area contributed by atoms with Crippen molar-refractivity contribution < 1.29 is 14.7 Å². The standard InChI is InChI=1S/C20H19NO3/c1-14-13-17(20(23)24)16-9-5-6-10-18(16)21(14)19(22)12-11-15-7-3-2-4-8-15/h2-12,14,17H,13H2,1H3,(H,23,24)/b12-11+. The Balaban J connectivity index is 1.92. The Morgan fingerprint density at radius 3 is 2.46 bits per heavy atom. The fourth-order valence-corrected chi connectivity index (χ4v) is 3.19. The van der Waals surface area contributed by atoms with Crippen molar-refractivity contribution in [2.45, 2.75) is 25.3 Å². The molecule has 0 spiro atoms. The van der Waals surface area contributed by atoms with Gasteiger partial charge in [-0.3, -0.25) is 9.59 Å². The summed E-state index contributed by atoms with van der Waals surface area (Å²) in [4.78, 5) is 25.9. The summed E-state index contributed by atoms with van der Waals surface area (Å²) in [5.41, 5.74) is 2.34. The maximum Gasteiger partial charge on any atom is 0.311 e. The number of carboxylic acid groups (broad SMARTS) is 1. The van der Waals surface area contributed by atoms with Gasteiger partial charge >= 0.3 is 5.97 Å². The Labute approximate surface area is 141 Å². The SMILES string of the molecule is CC1CC(C(=O)O)c2ccccc2N1C(=O)/C=C/c1ccccc1. The van der Waals surface area contributed by atoms with Crippen LogP contribution in [0.2, 0.25) is 0 Å². The number of hydrogen-bond donors (Lipinski definition) is 1. The summed E-state index contributed by atoms with van der Waals surface area (Å²) in [5.74, 6) is -1.55. The van der Waals surface area contributed by atoms with Gasteiger partial charge in [-0.05, 0) is 36.6 Å². The van der Waals surface area contributed by atoms with Crippen LogP contribution >= 0.6 is 0 Å². The molecule has 1 aliphatic rings. The van der Waals surface area contributed by atoms with Crippen molar-refractivity contribution in [1.82, 2.24) is 0 Å². The second kappa shape index (κ2) is 6.71. The van der Waals surface area contributed by atoms with Gasteiger partial charge in [0.1, 0.15) is 0 Å². The van der Waals surface area contributed by atoms with Gasteiger partial charge in [-0.15, -0.1) is 0 Å². The van der Waals surface area contributed by atoms with E-state index in [4.69, 9.17) is 0 Å². The number of carboxylic acids is 1. The van der Waals surface area contributed by atoms with E-state index in [2.05, 4.69) is 0 Å². The monoisotopic (exact) mass is 321 g/mol. The summed E-state index contributed by atoms with van der Waals surface area (Å²) in [7, 11) is 0. The van der Waals surface area contributed by atoms with Gasteiger partial charge in [0, 0.05) is 17.8 Å². The highest BCUT2D eigenvalue weighted by molar-refractivity contribution is 6.05. The Bertz CT molecular complexity index is 782. The molecule has 2 atom stereocenters. The Kier molecular flexibility index (Phi) is 4.47. The van der Waals surface area contributed by atoms with E-state index in [1.807, 2.05) is 55.5 Å². The molecule has 2 unspecified atom stereocenters. The van der Waals surface area contributed by atoms with Gasteiger partial charge in [0.05, 0.1) is 5.92 Å². The molecular formula is C20H19NO3. The van der Waals surface area contributed by atoms with Crippen LogP contribution in [0.1, 0.15) is 30.4 Å². The van der Waals surface area contributed by atoms with Gasteiger partial charge in [0.2, 0.25) is 0 Å². The molecular weight excluding hydrogens is 302 g/mol. The first-order valence-electron chi connectivity index (χ1n) is 7.96. The molecule has 0 bridgehead atoms. The fourth-order valence-electron chi connectivity index (χ4n) is 3.19. The number of fused-ring (bicyclic) bond motifs is 1. The number of nitrogens with zero attached hydrogens (tertiary/aromatic N) is 1. The van der Waals surface area contributed by atoms with E-state index in [0.29, 0.717) is 17.7 Å². The van der Waals surface area contributed by atoms with Gasteiger partial charge in [-0.1, -0.05) is 48.5 Å². The van der Waals surface area contributed by atoms with Crippen molar-refractivity contribution in [3.8, 4) is 0 Å². The number of anilines is 1. The van der Waals surface area contributed by atoms with Crippen molar-refractivity contribution in [3.05, 3.63) is 71.8 Å². The van der Waals surface area contributed by atoms with Crippen molar-refractivity contribution in [2.75, 3.05) is 4.90 Å². The van der Waals surface area contributed by atoms with Crippen LogP contribution in [0.25, 0.3) is 6.08 Å². The zero-order valence-electron chi connectivity index (χ0n) is 13.4. The van der Waals surface area contributed by atoms with Crippen LogP contribution in [0.3, 0.4) is 0 Å². The van der Waals surface area contributed by atoms with Crippen LogP contribution in [0.4, 0.5) is 5.69 Å². The molecule has 0 saturated heterocycles. The quantitative estimate of drug-likeness (QED) is 0.877. The molecule has 3 rings (SSSR count). The van der Waals surface area contributed by atoms with Crippen molar-refractivity contribution >= 4 is 23.6 Å². The van der Waals surface area contributed by atoms with Gasteiger partial charge in [0.15, 0.2) is 0 Å². The summed E-state index contributed by atoms with van der Waals surface area (Å²) in [5, 5.41) is 9.46. The third-order valence-electron chi connectivity index (χ3n) is 4.34. The predicted octanol–water partition coefficient (Wildman–Crippen LogP) is 3.69. The molecule has 4 nitrogen and oxygen atoms in total. The van der Waals surface area contributed by atoms with Crippen LogP contribution in [-0.4, -0.2) is 23.0 Å². The molecule has 0 aromatic heterocycles. The second-order valence-electron chi connectivity index (χ2n) is 5.99. The molecule has 0 radical (unpaired) electrons. The summed E-state index contributed by atoms with van der Waals surface area (Å²) >= 11 is 0. The number of rotatable bonds is 3. The minimum Gasteiger partial charge on any atom is -0.481 e. The molecule has 0 aliphatic carbocycles. The normalized spacial score (nSPS) is 20.0. The number of carbonyl (C=O) groups excluding carboxylic acids is 1. The van der Waals surface area contributed by atoms with E-state index in [1.54, 1.807) is 23.1 Å². The van der Waals surface area contributed by atoms with Crippen LogP contribution in [0, 0.1) is 0 Å². The maximum absolute atomic E-state index is 12.7. The maximum atomic E-state index is 12.7. The molecule has 0 saturated carbocycles. The summed E-state index contributed by atoms with van der Waals surface area (Å²) in [6.45, 7) is 1.89. The van der Waals surface area contributed by atoms with Crippen molar-refractivity contribution in [2.24, 2.45) is 0 Å². The highest BCUT2D eigenvalue weighted by atomic mass is 16.4. The highest BCUT2D eigenvalue weighted by Crippen LogP contribution is 2.38. The Morgan fingerprint density at radius 1 is 1.08 bits per heavy atom. The van der Waals surface area contributed by atoms with Crippen LogP contribution in [-0.2, 0) is 9.59 Å². The van der Waals surface area contributed by atoms with Crippen molar-refractivity contribution in [1.29, 1.82) is 0 Å². The van der Waals surface area contributed by atoms with Crippen LogP contribution < -0.4 is 4.90 Å². The molecule has 1 heterocycles. The van der Waals surface area contributed by atoms with Gasteiger partial charge in [0.25, 0.3) is 5.91 Å². The van der Waals surface area contributed by atoms with E-state index < -0.39 is 11.9 Å². The minimum atomic E-state index is -0.846. The molecule has 122 valence electrons. The summed E-state index contributed by atoms with van der Waals surface area (Å²) < 4.78 is 0. The molecule has 1 amide bonds. The largest absolute Gasteiger partial charge is 0.481 e. The van der Waals surface area contributed by atoms with Crippen molar-refractivity contribution in [3.63, 3.8) is 0 Å². The molecule has 1 aliphatic heterocycles. The minimum absolute atomic E-state index is 0.136. The zero-order valence-corrected chi connectivity index (χ0v) is 13.4. The number of amides is 1. The molecule has 4 heteroatoms. The fraction of sp³-hybridized carbons (Fsp3) is 0.200. The first-order chi connectivity index (χ1) is 11.6. The van der Waals surface area contributed by atoms with Gasteiger partial charge in [-0.25, -0.2) is 0 Å². The van der Waals surface area contributed by atoms with E-state index >= 15 is 0 Å². The Morgan fingerprint density at radius 2 is 1.75 bits per heavy atom. The lowest BCUT2D eigenvalue weighted by Gasteiger charge is -2.37. The number of carbonyl (C=O) groups is 2. The highest BCUT2D eigenvalue weighted by Gasteiger charge is 2.36. The average Bonchev–Trinajstić information content (AvgIpc) is 2.59. The number of aliphatic carboxylic acids is 1. The summed E-state index contributed by atoms with van der Waals surface area (Å²) in [6.07, 6.45) is 3.74. The van der Waals surface area contributed by atoms with E-state index in [9.17, 15) is 14.7 Å². The zero-order chi connectivity index (χ0) is 17.1. The van der Waals surface area contributed by atoms with Gasteiger partial charge < -0.3 is 10.0 Å². The molecule has 1 N–H and O–H groups in total. The number of hydrogen-bond acceptors (Lipinski definition) is 2. The third-order valence-corrected chi connectivity index (χ3v) is 4.34. The van der Waals surface area contributed by atoms with Gasteiger partial charge in [-0.2, -0.15) is 0 Å². The predicted molar refractivity (Wildman–Crippen MR) is 93.9 cm³/mol. The number of para-hydroxylation sites is 1. The lowest BCUT2D eigenvalue weighted by atomic mass is 9.86.